The number of hydrogen-bond donors (Lipinski definition) is 1. The maximum atomic E-state index is 11.2. The molecule has 3 heterocycles. The predicted octanol–water partition coefficient (Wildman–Crippen LogP) is 4.35. The van der Waals surface area contributed by atoms with E-state index in [1.807, 2.05) is 31.2 Å². The Balaban J connectivity index is 1.36. The lowest BCUT2D eigenvalue weighted by atomic mass is 10.1. The quantitative estimate of drug-likeness (QED) is 0.597. The van der Waals surface area contributed by atoms with Crippen molar-refractivity contribution in [3.05, 3.63) is 42.3 Å². The minimum atomic E-state index is -0.255. The summed E-state index contributed by atoms with van der Waals surface area (Å²) < 4.78 is 22.5. The predicted molar refractivity (Wildman–Crippen MR) is 111 cm³/mol. The fourth-order valence-electron chi connectivity index (χ4n) is 3.08. The molecular weight excluding hydrogens is 406 g/mol. The fraction of sp³-hybridized carbons (Fsp3) is 0.381. The molecule has 1 saturated heterocycles. The number of carbonyl (C=O) groups excluding carboxylic acids is 1. The molecule has 30 heavy (non-hydrogen) atoms. The molecular formula is C21H23N3O5S. The Kier molecular flexibility index (Phi) is 6.29. The van der Waals surface area contributed by atoms with Crippen molar-refractivity contribution in [2.24, 2.45) is 0 Å². The van der Waals surface area contributed by atoms with Crippen LogP contribution in [-0.4, -0.2) is 35.4 Å². The fourth-order valence-corrected chi connectivity index (χ4v) is 3.82. The van der Waals surface area contributed by atoms with Gasteiger partial charge in [-0.3, -0.25) is 4.79 Å². The van der Waals surface area contributed by atoms with Crippen LogP contribution in [0.3, 0.4) is 0 Å². The van der Waals surface area contributed by atoms with E-state index in [-0.39, 0.29) is 18.1 Å². The van der Waals surface area contributed by atoms with E-state index in [2.05, 4.69) is 15.5 Å². The monoisotopic (exact) mass is 429 g/mol. The van der Waals surface area contributed by atoms with E-state index in [0.717, 1.165) is 36.7 Å². The van der Waals surface area contributed by atoms with Gasteiger partial charge in [0.25, 0.3) is 5.19 Å². The zero-order valence-electron chi connectivity index (χ0n) is 16.8. The standard InChI is InChI=1S/C21H23N3O5S/c1-13(23-14(2)25)19-11-18(24-29-19)20-12-22-21(30-20)28-16-5-3-15(4-6-16)27-17-7-9-26-10-8-17/h3-6,11-13,17H,7-10H2,1-2H3,(H,23,25). The lowest BCUT2D eigenvalue weighted by Crippen LogP contribution is -2.25. The molecule has 1 aliphatic rings. The average molecular weight is 429 g/mol. The molecule has 1 aromatic carbocycles. The number of ether oxygens (including phenoxy) is 3. The van der Waals surface area contributed by atoms with E-state index in [4.69, 9.17) is 18.7 Å². The number of amides is 1. The van der Waals surface area contributed by atoms with Crippen molar-refractivity contribution in [3.63, 3.8) is 0 Å². The van der Waals surface area contributed by atoms with Crippen molar-refractivity contribution in [1.29, 1.82) is 0 Å². The van der Waals surface area contributed by atoms with Gasteiger partial charge >= 0.3 is 0 Å². The third-order valence-corrected chi connectivity index (χ3v) is 5.51. The molecule has 1 atom stereocenters. The van der Waals surface area contributed by atoms with Gasteiger partial charge in [0.15, 0.2) is 5.76 Å². The zero-order chi connectivity index (χ0) is 20.9. The van der Waals surface area contributed by atoms with Crippen LogP contribution < -0.4 is 14.8 Å². The first kappa shape index (κ1) is 20.4. The number of carbonyl (C=O) groups is 1. The number of nitrogens with one attached hydrogen (secondary N) is 1. The van der Waals surface area contributed by atoms with Crippen molar-refractivity contribution in [2.75, 3.05) is 13.2 Å². The van der Waals surface area contributed by atoms with Crippen LogP contribution in [-0.2, 0) is 9.53 Å². The van der Waals surface area contributed by atoms with Gasteiger partial charge in [-0.1, -0.05) is 16.5 Å². The number of hydrogen-bond acceptors (Lipinski definition) is 8. The highest BCUT2D eigenvalue weighted by atomic mass is 32.1. The normalized spacial score (nSPS) is 15.5. The van der Waals surface area contributed by atoms with Crippen LogP contribution in [0.15, 0.2) is 41.1 Å². The summed E-state index contributed by atoms with van der Waals surface area (Å²) in [7, 11) is 0. The summed E-state index contributed by atoms with van der Waals surface area (Å²) in [5, 5.41) is 7.33. The average Bonchev–Trinajstić information content (AvgIpc) is 3.39. The summed E-state index contributed by atoms with van der Waals surface area (Å²) >= 11 is 1.36. The van der Waals surface area contributed by atoms with Crippen LogP contribution in [0.25, 0.3) is 10.6 Å². The summed E-state index contributed by atoms with van der Waals surface area (Å²) in [5.41, 5.74) is 0.648. The molecule has 1 N–H and O–H groups in total. The van der Waals surface area contributed by atoms with Crippen molar-refractivity contribution in [3.8, 4) is 27.3 Å². The highest BCUT2D eigenvalue weighted by Gasteiger charge is 2.17. The Morgan fingerprint density at radius 3 is 2.70 bits per heavy atom. The topological polar surface area (TPSA) is 95.7 Å². The second-order valence-corrected chi connectivity index (χ2v) is 8.02. The van der Waals surface area contributed by atoms with Crippen LogP contribution in [0.4, 0.5) is 0 Å². The van der Waals surface area contributed by atoms with Crippen LogP contribution >= 0.6 is 11.3 Å². The van der Waals surface area contributed by atoms with Gasteiger partial charge in [0.2, 0.25) is 5.91 Å². The first-order valence-corrected chi connectivity index (χ1v) is 10.6. The lowest BCUT2D eigenvalue weighted by molar-refractivity contribution is -0.119. The van der Waals surface area contributed by atoms with Gasteiger partial charge in [-0.15, -0.1) is 0 Å². The van der Waals surface area contributed by atoms with Crippen LogP contribution in [0, 0.1) is 0 Å². The van der Waals surface area contributed by atoms with Gasteiger partial charge in [-0.05, 0) is 31.2 Å². The first-order chi connectivity index (χ1) is 14.6. The van der Waals surface area contributed by atoms with Gasteiger partial charge < -0.3 is 24.1 Å². The first-order valence-electron chi connectivity index (χ1n) is 9.79. The van der Waals surface area contributed by atoms with E-state index in [1.54, 1.807) is 12.3 Å². The second kappa shape index (κ2) is 9.27. The number of benzene rings is 1. The summed E-state index contributed by atoms with van der Waals surface area (Å²) in [6.45, 7) is 4.79. The van der Waals surface area contributed by atoms with E-state index in [9.17, 15) is 4.79 Å². The largest absolute Gasteiger partial charge is 0.490 e. The van der Waals surface area contributed by atoms with Gasteiger partial charge in [-0.2, -0.15) is 0 Å². The molecule has 1 unspecified atom stereocenters. The second-order valence-electron chi connectivity index (χ2n) is 7.03. The van der Waals surface area contributed by atoms with Crippen LogP contribution in [0.1, 0.15) is 38.5 Å². The van der Waals surface area contributed by atoms with Gasteiger partial charge in [0.1, 0.15) is 23.3 Å². The van der Waals surface area contributed by atoms with E-state index in [1.165, 1.54) is 18.3 Å². The molecule has 8 nitrogen and oxygen atoms in total. The van der Waals surface area contributed by atoms with Gasteiger partial charge in [-0.25, -0.2) is 4.98 Å². The number of nitrogens with zero attached hydrogens (tertiary/aromatic N) is 2. The molecule has 1 amide bonds. The van der Waals surface area contributed by atoms with Crippen LogP contribution in [0.5, 0.6) is 16.7 Å². The molecule has 2 aromatic heterocycles. The molecule has 1 fully saturated rings. The molecule has 1 aliphatic heterocycles. The highest BCUT2D eigenvalue weighted by molar-refractivity contribution is 7.16. The smallest absolute Gasteiger partial charge is 0.279 e. The molecule has 3 aromatic rings. The number of aromatic nitrogens is 2. The highest BCUT2D eigenvalue weighted by Crippen LogP contribution is 2.34. The maximum absolute atomic E-state index is 11.2. The van der Waals surface area contributed by atoms with E-state index < -0.39 is 0 Å². The van der Waals surface area contributed by atoms with Crippen molar-refractivity contribution < 1.29 is 23.5 Å². The van der Waals surface area contributed by atoms with E-state index >= 15 is 0 Å². The van der Waals surface area contributed by atoms with Crippen molar-refractivity contribution in [1.82, 2.24) is 15.5 Å². The molecule has 4 rings (SSSR count). The van der Waals surface area contributed by atoms with Gasteiger partial charge in [0.05, 0.1) is 30.3 Å². The minimum absolute atomic E-state index is 0.127. The molecule has 0 aliphatic carbocycles. The van der Waals surface area contributed by atoms with Gasteiger partial charge in [0, 0.05) is 25.8 Å². The molecule has 0 bridgehead atoms. The molecule has 0 saturated carbocycles. The Hall–Kier alpha value is -2.91. The SMILES string of the molecule is CC(=O)NC(C)c1cc(-c2cnc(Oc3ccc(OC4CCOCC4)cc3)s2)no1. The summed E-state index contributed by atoms with van der Waals surface area (Å²) in [6.07, 6.45) is 3.71. The third-order valence-electron chi connectivity index (χ3n) is 4.61. The Morgan fingerprint density at radius 1 is 1.23 bits per heavy atom. The molecule has 9 heteroatoms. The minimum Gasteiger partial charge on any atom is -0.490 e. The summed E-state index contributed by atoms with van der Waals surface area (Å²) in [5.74, 6) is 1.95. The zero-order valence-corrected chi connectivity index (χ0v) is 17.6. The number of rotatable bonds is 7. The third kappa shape index (κ3) is 5.17. The summed E-state index contributed by atoms with van der Waals surface area (Å²) in [4.78, 5) is 16.3. The maximum Gasteiger partial charge on any atom is 0.279 e. The molecule has 0 spiro atoms. The Bertz CT molecular complexity index is 979. The van der Waals surface area contributed by atoms with E-state index in [0.29, 0.717) is 22.4 Å². The molecule has 158 valence electrons. The van der Waals surface area contributed by atoms with Crippen LogP contribution in [0.2, 0.25) is 0 Å². The Labute approximate surface area is 178 Å². The van der Waals surface area contributed by atoms with Crippen molar-refractivity contribution in [2.45, 2.75) is 38.8 Å². The lowest BCUT2D eigenvalue weighted by Gasteiger charge is -2.23. The molecule has 0 radical (unpaired) electrons. The summed E-state index contributed by atoms with van der Waals surface area (Å²) in [6, 6.07) is 9.05. The Morgan fingerprint density at radius 2 is 1.97 bits per heavy atom. The van der Waals surface area contributed by atoms with Crippen molar-refractivity contribution >= 4 is 17.2 Å². The number of thiazole rings is 1.